The van der Waals surface area contributed by atoms with Crippen molar-refractivity contribution in [3.05, 3.63) is 46.7 Å². The molecule has 0 radical (unpaired) electrons. The van der Waals surface area contributed by atoms with E-state index in [9.17, 15) is 0 Å². The molecule has 0 spiro atoms. The summed E-state index contributed by atoms with van der Waals surface area (Å²) in [5.74, 6) is 0.448. The van der Waals surface area contributed by atoms with Gasteiger partial charge in [0, 0.05) is 10.7 Å². The third kappa shape index (κ3) is 1.99. The zero-order chi connectivity index (χ0) is 9.97. The van der Waals surface area contributed by atoms with Crippen LogP contribution in [0.4, 0.5) is 0 Å². The predicted octanol–water partition coefficient (Wildman–Crippen LogP) is 3.37. The molecule has 0 bridgehead atoms. The molecule has 1 heterocycles. The molecule has 2 aromatic rings. The van der Waals surface area contributed by atoms with E-state index in [0.717, 1.165) is 15.9 Å². The van der Waals surface area contributed by atoms with Gasteiger partial charge in [-0.1, -0.05) is 15.9 Å². The van der Waals surface area contributed by atoms with Crippen LogP contribution in [0.25, 0.3) is 5.69 Å². The van der Waals surface area contributed by atoms with Crippen molar-refractivity contribution >= 4 is 27.5 Å². The molecule has 0 N–H and O–H groups in total. The van der Waals surface area contributed by atoms with Crippen molar-refractivity contribution < 1.29 is 0 Å². The van der Waals surface area contributed by atoms with Crippen molar-refractivity contribution in [1.82, 2.24) is 9.78 Å². The molecular weight excluding hydrogens is 263 g/mol. The van der Waals surface area contributed by atoms with E-state index in [1.807, 2.05) is 41.2 Å². The standard InChI is InChI=1S/C10H8BrClN2/c11-8-1-3-10(4-2-8)14-6-5-9(7-12)13-14/h1-6H,7H2. The Bertz CT molecular complexity index is 422. The summed E-state index contributed by atoms with van der Waals surface area (Å²) in [5, 5.41) is 4.30. The first-order valence-electron chi connectivity index (χ1n) is 4.16. The Balaban J connectivity index is 2.34. The van der Waals surface area contributed by atoms with Gasteiger partial charge in [-0.2, -0.15) is 5.10 Å². The molecule has 14 heavy (non-hydrogen) atoms. The van der Waals surface area contributed by atoms with Gasteiger partial charge in [0.1, 0.15) is 0 Å². The number of hydrogen-bond donors (Lipinski definition) is 0. The molecule has 1 aromatic carbocycles. The van der Waals surface area contributed by atoms with Gasteiger partial charge in [0.2, 0.25) is 0 Å². The highest BCUT2D eigenvalue weighted by Gasteiger charge is 1.99. The Morgan fingerprint density at radius 2 is 1.93 bits per heavy atom. The summed E-state index contributed by atoms with van der Waals surface area (Å²) < 4.78 is 2.87. The zero-order valence-electron chi connectivity index (χ0n) is 7.32. The molecule has 0 aliphatic carbocycles. The number of rotatable bonds is 2. The van der Waals surface area contributed by atoms with Crippen LogP contribution >= 0.6 is 27.5 Å². The molecule has 2 nitrogen and oxygen atoms in total. The molecule has 2 rings (SSSR count). The van der Waals surface area contributed by atoms with E-state index in [1.54, 1.807) is 0 Å². The lowest BCUT2D eigenvalue weighted by molar-refractivity contribution is 0.858. The second-order valence-electron chi connectivity index (χ2n) is 2.86. The zero-order valence-corrected chi connectivity index (χ0v) is 9.66. The third-order valence-electron chi connectivity index (χ3n) is 1.87. The summed E-state index contributed by atoms with van der Waals surface area (Å²) in [5.41, 5.74) is 1.92. The highest BCUT2D eigenvalue weighted by Crippen LogP contribution is 2.13. The van der Waals surface area contributed by atoms with E-state index in [2.05, 4.69) is 21.0 Å². The third-order valence-corrected chi connectivity index (χ3v) is 2.67. The van der Waals surface area contributed by atoms with Crippen LogP contribution in [0, 0.1) is 0 Å². The van der Waals surface area contributed by atoms with Crippen LogP contribution in [0.15, 0.2) is 41.0 Å². The summed E-state index contributed by atoms with van der Waals surface area (Å²) in [4.78, 5) is 0. The summed E-state index contributed by atoms with van der Waals surface area (Å²) in [6.45, 7) is 0. The molecule has 1 aromatic heterocycles. The van der Waals surface area contributed by atoms with Crippen LogP contribution in [0.1, 0.15) is 5.69 Å². The Morgan fingerprint density at radius 1 is 1.21 bits per heavy atom. The van der Waals surface area contributed by atoms with Gasteiger partial charge in [0.15, 0.2) is 0 Å². The molecule has 0 fully saturated rings. The molecule has 72 valence electrons. The van der Waals surface area contributed by atoms with Crippen LogP contribution in [-0.2, 0) is 5.88 Å². The molecule has 4 heteroatoms. The Hall–Kier alpha value is -0.800. The highest BCUT2D eigenvalue weighted by molar-refractivity contribution is 9.10. The second kappa shape index (κ2) is 4.15. The summed E-state index contributed by atoms with van der Waals surface area (Å²) in [7, 11) is 0. The van der Waals surface area contributed by atoms with Crippen LogP contribution in [0.5, 0.6) is 0 Å². The number of aromatic nitrogens is 2. The molecule has 0 saturated heterocycles. The highest BCUT2D eigenvalue weighted by atomic mass is 79.9. The van der Waals surface area contributed by atoms with Crippen molar-refractivity contribution in [1.29, 1.82) is 0 Å². The van der Waals surface area contributed by atoms with Crippen molar-refractivity contribution in [2.75, 3.05) is 0 Å². The van der Waals surface area contributed by atoms with Crippen molar-refractivity contribution in [3.8, 4) is 5.69 Å². The summed E-state index contributed by atoms with van der Waals surface area (Å²) in [6, 6.07) is 9.87. The maximum atomic E-state index is 5.67. The Morgan fingerprint density at radius 3 is 2.50 bits per heavy atom. The van der Waals surface area contributed by atoms with Crippen molar-refractivity contribution in [2.45, 2.75) is 5.88 Å². The van der Waals surface area contributed by atoms with Gasteiger partial charge in [-0.05, 0) is 30.3 Å². The van der Waals surface area contributed by atoms with Crippen LogP contribution in [0.2, 0.25) is 0 Å². The first-order chi connectivity index (χ1) is 6.79. The van der Waals surface area contributed by atoms with E-state index in [-0.39, 0.29) is 0 Å². The molecule has 0 atom stereocenters. The minimum atomic E-state index is 0.448. The second-order valence-corrected chi connectivity index (χ2v) is 4.04. The van der Waals surface area contributed by atoms with E-state index in [4.69, 9.17) is 11.6 Å². The van der Waals surface area contributed by atoms with Gasteiger partial charge >= 0.3 is 0 Å². The normalized spacial score (nSPS) is 10.4. The summed E-state index contributed by atoms with van der Waals surface area (Å²) in [6.07, 6.45) is 1.90. The fourth-order valence-corrected chi connectivity index (χ4v) is 1.58. The predicted molar refractivity (Wildman–Crippen MR) is 60.8 cm³/mol. The number of nitrogens with zero attached hydrogens (tertiary/aromatic N) is 2. The number of hydrogen-bond acceptors (Lipinski definition) is 1. The van der Waals surface area contributed by atoms with E-state index in [1.165, 1.54) is 0 Å². The van der Waals surface area contributed by atoms with Gasteiger partial charge in [-0.25, -0.2) is 4.68 Å². The van der Waals surface area contributed by atoms with E-state index < -0.39 is 0 Å². The van der Waals surface area contributed by atoms with Crippen LogP contribution < -0.4 is 0 Å². The minimum Gasteiger partial charge on any atom is -0.241 e. The average molecular weight is 272 g/mol. The molecule has 0 amide bonds. The maximum absolute atomic E-state index is 5.67. The lowest BCUT2D eigenvalue weighted by atomic mass is 10.3. The van der Waals surface area contributed by atoms with E-state index in [0.29, 0.717) is 5.88 Å². The molecule has 0 aliphatic heterocycles. The minimum absolute atomic E-state index is 0.448. The fourth-order valence-electron chi connectivity index (χ4n) is 1.17. The first kappa shape index (κ1) is 9.74. The average Bonchev–Trinajstić information content (AvgIpc) is 2.67. The van der Waals surface area contributed by atoms with Crippen LogP contribution in [0.3, 0.4) is 0 Å². The van der Waals surface area contributed by atoms with Gasteiger partial charge in [0.25, 0.3) is 0 Å². The molecule has 0 unspecified atom stereocenters. The quantitative estimate of drug-likeness (QED) is 0.766. The first-order valence-corrected chi connectivity index (χ1v) is 5.49. The Kier molecular flexibility index (Phi) is 2.89. The van der Waals surface area contributed by atoms with Crippen molar-refractivity contribution in [2.24, 2.45) is 0 Å². The maximum Gasteiger partial charge on any atom is 0.0776 e. The smallest absolute Gasteiger partial charge is 0.0776 e. The lowest BCUT2D eigenvalue weighted by Gasteiger charge is -2.00. The fraction of sp³-hybridized carbons (Fsp3) is 0.100. The monoisotopic (exact) mass is 270 g/mol. The molecule has 0 saturated carbocycles. The van der Waals surface area contributed by atoms with Gasteiger partial charge in [-0.15, -0.1) is 11.6 Å². The topological polar surface area (TPSA) is 17.8 Å². The number of benzene rings is 1. The number of halogens is 2. The van der Waals surface area contributed by atoms with Crippen molar-refractivity contribution in [3.63, 3.8) is 0 Å². The SMILES string of the molecule is ClCc1ccn(-c2ccc(Br)cc2)n1. The van der Waals surface area contributed by atoms with E-state index >= 15 is 0 Å². The Labute approximate surface area is 95.6 Å². The van der Waals surface area contributed by atoms with Gasteiger partial charge in [-0.3, -0.25) is 0 Å². The molecular formula is C10H8BrClN2. The number of alkyl halides is 1. The van der Waals surface area contributed by atoms with Crippen LogP contribution in [-0.4, -0.2) is 9.78 Å². The van der Waals surface area contributed by atoms with Gasteiger partial charge in [0.05, 0.1) is 17.3 Å². The molecule has 0 aliphatic rings. The largest absolute Gasteiger partial charge is 0.241 e. The van der Waals surface area contributed by atoms with Gasteiger partial charge < -0.3 is 0 Å². The lowest BCUT2D eigenvalue weighted by Crippen LogP contribution is -1.94. The summed E-state index contributed by atoms with van der Waals surface area (Å²) >= 11 is 9.06.